The maximum atomic E-state index is 11.0. The second kappa shape index (κ2) is 5.27. The first-order valence-corrected chi connectivity index (χ1v) is 6.02. The zero-order valence-electron chi connectivity index (χ0n) is 10.0. The van der Waals surface area contributed by atoms with Crippen LogP contribution in [-0.2, 0) is 11.2 Å². The van der Waals surface area contributed by atoms with Crippen LogP contribution in [0.4, 0.5) is 0 Å². The highest BCUT2D eigenvalue weighted by Crippen LogP contribution is 2.22. The maximum Gasteiger partial charge on any atom is 0.308 e. The van der Waals surface area contributed by atoms with E-state index < -0.39 is 5.97 Å². The molecule has 2 heterocycles. The van der Waals surface area contributed by atoms with E-state index >= 15 is 0 Å². The summed E-state index contributed by atoms with van der Waals surface area (Å²) >= 11 is 0. The molecule has 0 aliphatic carbocycles. The van der Waals surface area contributed by atoms with Crippen LogP contribution in [0.5, 0.6) is 0 Å². The highest BCUT2D eigenvalue weighted by Gasteiger charge is 2.34. The van der Waals surface area contributed by atoms with Gasteiger partial charge in [0.2, 0.25) is 0 Å². The van der Waals surface area contributed by atoms with Crippen LogP contribution in [0, 0.1) is 11.8 Å². The molecule has 1 saturated heterocycles. The minimum atomic E-state index is -0.669. The van der Waals surface area contributed by atoms with Gasteiger partial charge in [0, 0.05) is 37.9 Å². The second-order valence-corrected chi connectivity index (χ2v) is 4.75. The molecule has 1 N–H and O–H groups in total. The van der Waals surface area contributed by atoms with Gasteiger partial charge in [0.15, 0.2) is 0 Å². The maximum absolute atomic E-state index is 11.0. The number of hydrogen-bond donors (Lipinski definition) is 1. The van der Waals surface area contributed by atoms with Crippen molar-refractivity contribution >= 4 is 5.97 Å². The van der Waals surface area contributed by atoms with Crippen molar-refractivity contribution in [3.05, 3.63) is 30.1 Å². The summed E-state index contributed by atoms with van der Waals surface area (Å²) in [6, 6.07) is 5.89. The molecule has 1 aromatic rings. The first kappa shape index (κ1) is 12.0. The smallest absolute Gasteiger partial charge is 0.308 e. The molecule has 1 aromatic heterocycles. The lowest BCUT2D eigenvalue weighted by molar-refractivity contribution is -0.142. The van der Waals surface area contributed by atoms with Gasteiger partial charge in [0.25, 0.3) is 0 Å². The Balaban J connectivity index is 1.84. The Kier molecular flexibility index (Phi) is 3.74. The molecule has 2 rings (SSSR count). The van der Waals surface area contributed by atoms with Gasteiger partial charge in [-0.3, -0.25) is 9.78 Å². The van der Waals surface area contributed by atoms with Gasteiger partial charge in [0.05, 0.1) is 5.92 Å². The number of likely N-dealkylation sites (tertiary alicyclic amines) is 1. The molecule has 2 unspecified atom stereocenters. The molecule has 0 bridgehead atoms. The third-order valence-electron chi connectivity index (χ3n) is 3.42. The lowest BCUT2D eigenvalue weighted by atomic mass is 9.99. The topological polar surface area (TPSA) is 53.4 Å². The number of nitrogens with zero attached hydrogens (tertiary/aromatic N) is 2. The van der Waals surface area contributed by atoms with E-state index in [9.17, 15) is 4.79 Å². The molecule has 4 heteroatoms. The van der Waals surface area contributed by atoms with Crippen LogP contribution in [-0.4, -0.2) is 40.6 Å². The zero-order chi connectivity index (χ0) is 12.3. The summed E-state index contributed by atoms with van der Waals surface area (Å²) in [4.78, 5) is 17.5. The van der Waals surface area contributed by atoms with Crippen molar-refractivity contribution in [1.29, 1.82) is 0 Å². The fraction of sp³-hybridized carbons (Fsp3) is 0.538. The zero-order valence-corrected chi connectivity index (χ0v) is 10.0. The molecule has 0 spiro atoms. The van der Waals surface area contributed by atoms with Crippen molar-refractivity contribution < 1.29 is 9.90 Å². The monoisotopic (exact) mass is 234 g/mol. The Labute approximate surface area is 101 Å². The number of rotatable bonds is 4. The van der Waals surface area contributed by atoms with E-state index in [1.165, 1.54) is 0 Å². The lowest BCUT2D eigenvalue weighted by Gasteiger charge is -2.14. The molecule has 0 aromatic carbocycles. The van der Waals surface area contributed by atoms with E-state index in [1.807, 2.05) is 25.1 Å². The third-order valence-corrected chi connectivity index (χ3v) is 3.42. The summed E-state index contributed by atoms with van der Waals surface area (Å²) in [6.45, 7) is 4.46. The molecule has 1 fully saturated rings. The minimum Gasteiger partial charge on any atom is -0.481 e. The lowest BCUT2D eigenvalue weighted by Crippen LogP contribution is -2.25. The number of carboxylic acids is 1. The predicted octanol–water partition coefficient (Wildman–Crippen LogP) is 1.28. The molecule has 1 aliphatic heterocycles. The SMILES string of the molecule is CC1CN(CCc2ccccn2)CC1C(=O)O. The number of carboxylic acid groups (broad SMARTS) is 1. The van der Waals surface area contributed by atoms with E-state index in [-0.39, 0.29) is 11.8 Å². The molecule has 0 radical (unpaired) electrons. The van der Waals surface area contributed by atoms with Gasteiger partial charge in [-0.25, -0.2) is 0 Å². The van der Waals surface area contributed by atoms with Crippen molar-refractivity contribution in [2.24, 2.45) is 11.8 Å². The number of pyridine rings is 1. The molecule has 0 amide bonds. The number of aromatic nitrogens is 1. The van der Waals surface area contributed by atoms with Crippen LogP contribution < -0.4 is 0 Å². The summed E-state index contributed by atoms with van der Waals surface area (Å²) in [7, 11) is 0. The molecule has 0 saturated carbocycles. The van der Waals surface area contributed by atoms with Gasteiger partial charge < -0.3 is 10.0 Å². The Morgan fingerprint density at radius 1 is 1.53 bits per heavy atom. The minimum absolute atomic E-state index is 0.210. The van der Waals surface area contributed by atoms with E-state index in [4.69, 9.17) is 5.11 Å². The molecule has 4 nitrogen and oxygen atoms in total. The highest BCUT2D eigenvalue weighted by atomic mass is 16.4. The predicted molar refractivity (Wildman–Crippen MR) is 64.7 cm³/mol. The quantitative estimate of drug-likeness (QED) is 0.852. The molecule has 2 atom stereocenters. The average Bonchev–Trinajstić information content (AvgIpc) is 2.69. The van der Waals surface area contributed by atoms with E-state index in [2.05, 4.69) is 9.88 Å². The van der Waals surface area contributed by atoms with Crippen molar-refractivity contribution in [1.82, 2.24) is 9.88 Å². The van der Waals surface area contributed by atoms with E-state index in [1.54, 1.807) is 6.20 Å². The first-order valence-electron chi connectivity index (χ1n) is 6.02. The molecular formula is C13H18N2O2. The summed E-state index contributed by atoms with van der Waals surface area (Å²) in [6.07, 6.45) is 2.68. The number of carbonyl (C=O) groups is 1. The Hall–Kier alpha value is -1.42. The van der Waals surface area contributed by atoms with Crippen molar-refractivity contribution in [2.75, 3.05) is 19.6 Å². The second-order valence-electron chi connectivity index (χ2n) is 4.75. The fourth-order valence-corrected chi connectivity index (χ4v) is 2.39. The van der Waals surface area contributed by atoms with Gasteiger partial charge in [-0.05, 0) is 18.1 Å². The van der Waals surface area contributed by atoms with Gasteiger partial charge in [-0.15, -0.1) is 0 Å². The van der Waals surface area contributed by atoms with Crippen LogP contribution in [0.3, 0.4) is 0 Å². The Morgan fingerprint density at radius 2 is 2.35 bits per heavy atom. The van der Waals surface area contributed by atoms with Crippen molar-refractivity contribution in [3.8, 4) is 0 Å². The largest absolute Gasteiger partial charge is 0.481 e. The molecule has 92 valence electrons. The number of aliphatic carboxylic acids is 1. The summed E-state index contributed by atoms with van der Waals surface area (Å²) < 4.78 is 0. The Bertz CT molecular complexity index is 380. The van der Waals surface area contributed by atoms with E-state index in [0.717, 1.165) is 25.2 Å². The number of hydrogen-bond acceptors (Lipinski definition) is 3. The van der Waals surface area contributed by atoms with Crippen molar-refractivity contribution in [3.63, 3.8) is 0 Å². The van der Waals surface area contributed by atoms with Gasteiger partial charge in [-0.2, -0.15) is 0 Å². The third kappa shape index (κ3) is 3.03. The fourth-order valence-electron chi connectivity index (χ4n) is 2.39. The van der Waals surface area contributed by atoms with Crippen LogP contribution in [0.2, 0.25) is 0 Å². The standard InChI is InChI=1S/C13H18N2O2/c1-10-8-15(9-12(10)13(16)17)7-5-11-4-2-3-6-14-11/h2-4,6,10,12H,5,7-9H2,1H3,(H,16,17). The van der Waals surface area contributed by atoms with Gasteiger partial charge in [0.1, 0.15) is 0 Å². The van der Waals surface area contributed by atoms with Crippen LogP contribution >= 0.6 is 0 Å². The normalized spacial score (nSPS) is 25.0. The van der Waals surface area contributed by atoms with Crippen LogP contribution in [0.15, 0.2) is 24.4 Å². The summed E-state index contributed by atoms with van der Waals surface area (Å²) in [5.41, 5.74) is 1.07. The summed E-state index contributed by atoms with van der Waals surface area (Å²) in [5.74, 6) is -0.632. The first-order chi connectivity index (χ1) is 8.16. The molecular weight excluding hydrogens is 216 g/mol. The van der Waals surface area contributed by atoms with Crippen molar-refractivity contribution in [2.45, 2.75) is 13.3 Å². The molecule has 17 heavy (non-hydrogen) atoms. The molecule has 1 aliphatic rings. The van der Waals surface area contributed by atoms with Gasteiger partial charge in [-0.1, -0.05) is 13.0 Å². The highest BCUT2D eigenvalue weighted by molar-refractivity contribution is 5.71. The van der Waals surface area contributed by atoms with E-state index in [0.29, 0.717) is 6.54 Å². The average molecular weight is 234 g/mol. The van der Waals surface area contributed by atoms with Crippen LogP contribution in [0.25, 0.3) is 0 Å². The Morgan fingerprint density at radius 3 is 2.94 bits per heavy atom. The summed E-state index contributed by atoms with van der Waals surface area (Å²) in [5, 5.41) is 9.05. The van der Waals surface area contributed by atoms with Crippen LogP contribution in [0.1, 0.15) is 12.6 Å². The van der Waals surface area contributed by atoms with Gasteiger partial charge >= 0.3 is 5.97 Å².